The zero-order chi connectivity index (χ0) is 16.6. The van der Waals surface area contributed by atoms with E-state index in [2.05, 4.69) is 84.9 Å². The van der Waals surface area contributed by atoms with Crippen molar-refractivity contribution in [1.82, 2.24) is 0 Å². The van der Waals surface area contributed by atoms with Gasteiger partial charge in [0.1, 0.15) is 0 Å². The molecule has 0 radical (unpaired) electrons. The maximum Gasteiger partial charge on any atom is 0.0728 e. The molecule has 0 aliphatic rings. The van der Waals surface area contributed by atoms with Gasteiger partial charge in [0.15, 0.2) is 0 Å². The Morgan fingerprint density at radius 2 is 1.04 bits per heavy atom. The molecule has 0 saturated heterocycles. The molecule has 0 saturated carbocycles. The van der Waals surface area contributed by atoms with Crippen LogP contribution in [0, 0.1) is 0 Å². The lowest BCUT2D eigenvalue weighted by molar-refractivity contribution is 0.183. The summed E-state index contributed by atoms with van der Waals surface area (Å²) in [5, 5.41) is 0. The van der Waals surface area contributed by atoms with Crippen LogP contribution in [0.1, 0.15) is 23.6 Å². The minimum absolute atomic E-state index is 0.597. The Morgan fingerprint density at radius 1 is 0.625 bits per heavy atom. The van der Waals surface area contributed by atoms with E-state index in [1.807, 2.05) is 13.0 Å². The second-order valence-corrected chi connectivity index (χ2v) is 5.59. The van der Waals surface area contributed by atoms with Crippen molar-refractivity contribution in [3.8, 4) is 0 Å². The third kappa shape index (κ3) is 3.81. The first kappa shape index (κ1) is 16.2. The molecule has 0 amide bonds. The summed E-state index contributed by atoms with van der Waals surface area (Å²) >= 11 is 0. The van der Waals surface area contributed by atoms with Crippen molar-refractivity contribution >= 4 is 11.1 Å². The van der Waals surface area contributed by atoms with E-state index in [0.717, 1.165) is 0 Å². The number of ether oxygens (including phenoxy) is 1. The van der Waals surface area contributed by atoms with Gasteiger partial charge >= 0.3 is 0 Å². The molecule has 0 aromatic heterocycles. The molecule has 0 aliphatic carbocycles. The zero-order valence-corrected chi connectivity index (χ0v) is 14.0. The Kier molecular flexibility index (Phi) is 5.60. The van der Waals surface area contributed by atoms with Gasteiger partial charge in [0.25, 0.3) is 0 Å². The van der Waals surface area contributed by atoms with Gasteiger partial charge in [-0.1, -0.05) is 91.0 Å². The van der Waals surface area contributed by atoms with Crippen LogP contribution in [0.2, 0.25) is 0 Å². The second kappa shape index (κ2) is 8.28. The van der Waals surface area contributed by atoms with Crippen LogP contribution in [0.25, 0.3) is 11.1 Å². The van der Waals surface area contributed by atoms with Crippen LogP contribution in [0.15, 0.2) is 91.0 Å². The van der Waals surface area contributed by atoms with E-state index in [0.29, 0.717) is 13.2 Å². The Labute approximate surface area is 144 Å². The third-order valence-corrected chi connectivity index (χ3v) is 4.00. The predicted octanol–water partition coefficient (Wildman–Crippen LogP) is 5.68. The molecule has 3 rings (SSSR count). The minimum Gasteiger partial charge on any atom is -0.377 e. The fourth-order valence-corrected chi connectivity index (χ4v) is 2.87. The van der Waals surface area contributed by atoms with Crippen molar-refractivity contribution in [3.05, 3.63) is 108 Å². The van der Waals surface area contributed by atoms with Gasteiger partial charge < -0.3 is 4.74 Å². The van der Waals surface area contributed by atoms with Gasteiger partial charge in [-0.05, 0) is 34.8 Å². The van der Waals surface area contributed by atoms with Crippen LogP contribution in [0.5, 0.6) is 0 Å². The smallest absolute Gasteiger partial charge is 0.0728 e. The van der Waals surface area contributed by atoms with Crippen LogP contribution < -0.4 is 0 Å². The normalized spacial score (nSPS) is 10.4. The van der Waals surface area contributed by atoms with Gasteiger partial charge in [0.2, 0.25) is 0 Å². The van der Waals surface area contributed by atoms with Gasteiger partial charge in [-0.15, -0.1) is 0 Å². The first-order chi connectivity index (χ1) is 11.9. The average Bonchev–Trinajstić information content (AvgIpc) is 2.67. The first-order valence-electron chi connectivity index (χ1n) is 8.37. The quantitative estimate of drug-likeness (QED) is 0.532. The maximum atomic E-state index is 5.82. The van der Waals surface area contributed by atoms with E-state index in [4.69, 9.17) is 4.74 Å². The molecule has 0 unspecified atom stereocenters. The summed E-state index contributed by atoms with van der Waals surface area (Å²) in [6.45, 7) is 3.33. The highest BCUT2D eigenvalue weighted by Gasteiger charge is 2.13. The fraction of sp³-hybridized carbons (Fsp3) is 0.130. The van der Waals surface area contributed by atoms with Crippen molar-refractivity contribution in [1.29, 1.82) is 0 Å². The van der Waals surface area contributed by atoms with E-state index in [-0.39, 0.29) is 0 Å². The first-order valence-corrected chi connectivity index (χ1v) is 8.37. The molecule has 3 aromatic carbocycles. The number of benzene rings is 3. The largest absolute Gasteiger partial charge is 0.377 e. The van der Waals surface area contributed by atoms with Crippen molar-refractivity contribution in [3.63, 3.8) is 0 Å². The monoisotopic (exact) mass is 314 g/mol. The molecule has 1 nitrogen and oxygen atoms in total. The molecule has 1 heteroatoms. The van der Waals surface area contributed by atoms with E-state index < -0.39 is 0 Å². The van der Waals surface area contributed by atoms with Gasteiger partial charge in [-0.25, -0.2) is 0 Å². The van der Waals surface area contributed by atoms with E-state index in [9.17, 15) is 0 Å². The molecule has 24 heavy (non-hydrogen) atoms. The summed E-state index contributed by atoms with van der Waals surface area (Å²) in [5.74, 6) is 0. The summed E-state index contributed by atoms with van der Waals surface area (Å²) in [6.07, 6.45) is 0. The van der Waals surface area contributed by atoms with Crippen molar-refractivity contribution in [2.45, 2.75) is 6.92 Å². The molecule has 0 heterocycles. The molecule has 0 aliphatic heterocycles. The van der Waals surface area contributed by atoms with Gasteiger partial charge in [-0.2, -0.15) is 0 Å². The van der Waals surface area contributed by atoms with E-state index >= 15 is 0 Å². The highest BCUT2D eigenvalue weighted by molar-refractivity contribution is 5.98. The molecule has 0 fully saturated rings. The molecule has 120 valence electrons. The van der Waals surface area contributed by atoms with E-state index in [1.165, 1.54) is 27.8 Å². The topological polar surface area (TPSA) is 9.23 Å². The summed E-state index contributed by atoms with van der Waals surface area (Å²) < 4.78 is 5.82. The summed E-state index contributed by atoms with van der Waals surface area (Å²) in [5.41, 5.74) is 6.07. The predicted molar refractivity (Wildman–Crippen MR) is 102 cm³/mol. The molecular formula is C23H22O. The highest BCUT2D eigenvalue weighted by atomic mass is 16.5. The van der Waals surface area contributed by atoms with Crippen LogP contribution in [-0.4, -0.2) is 13.2 Å². The van der Waals surface area contributed by atoms with Gasteiger partial charge in [0, 0.05) is 6.61 Å². The molecule has 3 aromatic rings. The summed E-state index contributed by atoms with van der Waals surface area (Å²) in [7, 11) is 0. The highest BCUT2D eigenvalue weighted by Crippen LogP contribution is 2.32. The lowest BCUT2D eigenvalue weighted by Crippen LogP contribution is -2.02. The van der Waals surface area contributed by atoms with Gasteiger partial charge in [-0.3, -0.25) is 0 Å². The number of hydrogen-bond acceptors (Lipinski definition) is 1. The van der Waals surface area contributed by atoms with Crippen molar-refractivity contribution < 1.29 is 4.74 Å². The molecule has 0 atom stereocenters. The van der Waals surface area contributed by atoms with Crippen LogP contribution in [0.4, 0.5) is 0 Å². The van der Waals surface area contributed by atoms with Gasteiger partial charge in [0.05, 0.1) is 6.61 Å². The number of rotatable bonds is 6. The van der Waals surface area contributed by atoms with Crippen LogP contribution in [0.3, 0.4) is 0 Å². The lowest BCUT2D eigenvalue weighted by Gasteiger charge is -2.17. The minimum atomic E-state index is 0.597. The Balaban J connectivity index is 2.24. The number of hydrogen-bond donors (Lipinski definition) is 0. The zero-order valence-electron chi connectivity index (χ0n) is 14.0. The molecule has 0 spiro atoms. The van der Waals surface area contributed by atoms with Crippen molar-refractivity contribution in [2.75, 3.05) is 13.2 Å². The fourth-order valence-electron chi connectivity index (χ4n) is 2.87. The SMILES string of the molecule is CCOCC(=C(c1ccccc1)c1ccccc1)c1ccccc1. The Bertz CT molecular complexity index is 733. The molecule has 0 N–H and O–H groups in total. The maximum absolute atomic E-state index is 5.82. The molecule has 0 bridgehead atoms. The van der Waals surface area contributed by atoms with E-state index in [1.54, 1.807) is 0 Å². The summed E-state index contributed by atoms with van der Waals surface area (Å²) in [6, 6.07) is 31.6. The second-order valence-electron chi connectivity index (χ2n) is 5.59. The Hall–Kier alpha value is -2.64. The average molecular weight is 314 g/mol. The van der Waals surface area contributed by atoms with Crippen LogP contribution >= 0.6 is 0 Å². The summed E-state index contributed by atoms with van der Waals surface area (Å²) in [4.78, 5) is 0. The third-order valence-electron chi connectivity index (χ3n) is 4.00. The lowest BCUT2D eigenvalue weighted by atomic mass is 9.90. The Morgan fingerprint density at radius 3 is 1.46 bits per heavy atom. The van der Waals surface area contributed by atoms with Crippen LogP contribution in [-0.2, 0) is 4.74 Å². The van der Waals surface area contributed by atoms with Crippen molar-refractivity contribution in [2.24, 2.45) is 0 Å². The standard InChI is InChI=1S/C23H22O/c1-2-24-18-22(19-12-6-3-7-13-19)23(20-14-8-4-9-15-20)21-16-10-5-11-17-21/h3-17H,2,18H2,1H3. The molecular weight excluding hydrogens is 292 g/mol.